The minimum atomic E-state index is -1.37. The molecular weight excluding hydrogens is 222 g/mol. The molecule has 1 atom stereocenters. The second-order valence-electron chi connectivity index (χ2n) is 3.53. The average Bonchev–Trinajstić information content (AvgIpc) is 2.35. The summed E-state index contributed by atoms with van der Waals surface area (Å²) in [4.78, 5) is 22.1. The van der Waals surface area contributed by atoms with Crippen molar-refractivity contribution >= 4 is 11.8 Å². The van der Waals surface area contributed by atoms with E-state index in [1.165, 1.54) is 0 Å². The van der Waals surface area contributed by atoms with E-state index in [-0.39, 0.29) is 12.5 Å². The first-order valence-corrected chi connectivity index (χ1v) is 5.09. The summed E-state index contributed by atoms with van der Waals surface area (Å²) in [6.07, 6.45) is -1.37. The lowest BCUT2D eigenvalue weighted by atomic mass is 10.1. The highest BCUT2D eigenvalue weighted by Crippen LogP contribution is 2.03. The lowest BCUT2D eigenvalue weighted by Crippen LogP contribution is -2.39. The maximum atomic E-state index is 11.6. The average molecular weight is 237 g/mol. The van der Waals surface area contributed by atoms with Gasteiger partial charge in [-0.3, -0.25) is 9.59 Å². The summed E-state index contributed by atoms with van der Waals surface area (Å²) in [5.41, 5.74) is 11.6. The molecule has 6 nitrogen and oxygen atoms in total. The monoisotopic (exact) mass is 237 g/mol. The molecule has 1 aromatic carbocycles. The van der Waals surface area contributed by atoms with Crippen LogP contribution in [0.2, 0.25) is 0 Å². The van der Waals surface area contributed by atoms with Gasteiger partial charge in [-0.1, -0.05) is 12.1 Å². The zero-order valence-corrected chi connectivity index (χ0v) is 9.22. The van der Waals surface area contributed by atoms with Gasteiger partial charge in [0.2, 0.25) is 5.91 Å². The van der Waals surface area contributed by atoms with E-state index in [1.807, 2.05) is 0 Å². The predicted molar refractivity (Wildman–Crippen MR) is 61.9 cm³/mol. The molecule has 0 radical (unpaired) electrons. The van der Waals surface area contributed by atoms with Crippen molar-refractivity contribution in [2.45, 2.75) is 12.6 Å². The third kappa shape index (κ3) is 3.86. The standard InChI is InChI=1S/C11H15N3O3/c12-5-7-1-3-8(4-2-7)11(17)14-6-9(15)10(13)16/h1-4,9,15H,5-6,12H2,(H2,13,16)(H,14,17). The van der Waals surface area contributed by atoms with Crippen LogP contribution < -0.4 is 16.8 Å². The lowest BCUT2D eigenvalue weighted by molar-refractivity contribution is -0.125. The SMILES string of the molecule is NCc1ccc(C(=O)NCC(O)C(N)=O)cc1. The Morgan fingerprint density at radius 2 is 1.88 bits per heavy atom. The Bertz CT molecular complexity index is 403. The summed E-state index contributed by atoms with van der Waals surface area (Å²) in [7, 11) is 0. The molecule has 0 aliphatic carbocycles. The van der Waals surface area contributed by atoms with Gasteiger partial charge in [-0.15, -0.1) is 0 Å². The van der Waals surface area contributed by atoms with Crippen LogP contribution in [0, 0.1) is 0 Å². The first-order valence-electron chi connectivity index (χ1n) is 5.09. The molecule has 0 saturated carbocycles. The van der Waals surface area contributed by atoms with Gasteiger partial charge in [0.05, 0.1) is 6.54 Å². The number of carbonyl (C=O) groups is 2. The molecule has 92 valence electrons. The van der Waals surface area contributed by atoms with Crippen LogP contribution in [0.5, 0.6) is 0 Å². The zero-order valence-electron chi connectivity index (χ0n) is 9.22. The van der Waals surface area contributed by atoms with E-state index < -0.39 is 12.0 Å². The third-order valence-electron chi connectivity index (χ3n) is 2.24. The van der Waals surface area contributed by atoms with Gasteiger partial charge in [0.1, 0.15) is 6.10 Å². The highest BCUT2D eigenvalue weighted by molar-refractivity contribution is 5.94. The topological polar surface area (TPSA) is 118 Å². The minimum Gasteiger partial charge on any atom is -0.381 e. The van der Waals surface area contributed by atoms with Crippen molar-refractivity contribution in [2.75, 3.05) is 6.54 Å². The number of hydrogen-bond donors (Lipinski definition) is 4. The summed E-state index contributed by atoms with van der Waals surface area (Å²) in [6, 6.07) is 6.71. The van der Waals surface area contributed by atoms with Crippen LogP contribution in [0.1, 0.15) is 15.9 Å². The Balaban J connectivity index is 2.55. The normalized spacial score (nSPS) is 11.9. The molecule has 0 aliphatic rings. The minimum absolute atomic E-state index is 0.202. The number of benzene rings is 1. The van der Waals surface area contributed by atoms with Crippen molar-refractivity contribution in [3.8, 4) is 0 Å². The quantitative estimate of drug-likeness (QED) is 0.510. The lowest BCUT2D eigenvalue weighted by Gasteiger charge is -2.08. The molecule has 2 amide bonds. The second-order valence-corrected chi connectivity index (χ2v) is 3.53. The Morgan fingerprint density at radius 3 is 2.35 bits per heavy atom. The highest BCUT2D eigenvalue weighted by atomic mass is 16.3. The van der Waals surface area contributed by atoms with E-state index in [0.29, 0.717) is 12.1 Å². The number of nitrogens with one attached hydrogen (secondary N) is 1. The van der Waals surface area contributed by atoms with Crippen LogP contribution in [0.4, 0.5) is 0 Å². The maximum Gasteiger partial charge on any atom is 0.251 e. The Labute approximate surface area is 98.6 Å². The predicted octanol–water partition coefficient (Wildman–Crippen LogP) is -1.28. The first kappa shape index (κ1) is 13.1. The smallest absolute Gasteiger partial charge is 0.251 e. The molecule has 1 rings (SSSR count). The Hall–Kier alpha value is -1.92. The van der Waals surface area contributed by atoms with Gasteiger partial charge in [-0.2, -0.15) is 0 Å². The fraction of sp³-hybridized carbons (Fsp3) is 0.273. The highest BCUT2D eigenvalue weighted by Gasteiger charge is 2.12. The van der Waals surface area contributed by atoms with E-state index in [9.17, 15) is 9.59 Å². The van der Waals surface area contributed by atoms with Crippen LogP contribution in [0.3, 0.4) is 0 Å². The summed E-state index contributed by atoms with van der Waals surface area (Å²) < 4.78 is 0. The molecule has 0 spiro atoms. The molecule has 17 heavy (non-hydrogen) atoms. The molecular formula is C11H15N3O3. The Kier molecular flexibility index (Phi) is 4.62. The van der Waals surface area contributed by atoms with Crippen LogP contribution in [0.25, 0.3) is 0 Å². The number of hydrogen-bond acceptors (Lipinski definition) is 4. The fourth-order valence-electron chi connectivity index (χ4n) is 1.18. The van der Waals surface area contributed by atoms with Gasteiger partial charge in [0, 0.05) is 12.1 Å². The van der Waals surface area contributed by atoms with Crippen LogP contribution >= 0.6 is 0 Å². The van der Waals surface area contributed by atoms with Gasteiger partial charge in [-0.05, 0) is 17.7 Å². The third-order valence-corrected chi connectivity index (χ3v) is 2.24. The summed E-state index contributed by atoms with van der Waals surface area (Å²) in [5, 5.41) is 11.5. The van der Waals surface area contributed by atoms with Crippen molar-refractivity contribution in [2.24, 2.45) is 11.5 Å². The van der Waals surface area contributed by atoms with E-state index >= 15 is 0 Å². The number of nitrogens with two attached hydrogens (primary N) is 2. The summed E-state index contributed by atoms with van der Waals surface area (Å²) in [6.45, 7) is 0.203. The number of aliphatic hydroxyl groups excluding tert-OH is 1. The van der Waals surface area contributed by atoms with E-state index in [1.54, 1.807) is 24.3 Å². The van der Waals surface area contributed by atoms with E-state index in [0.717, 1.165) is 5.56 Å². The van der Waals surface area contributed by atoms with Gasteiger partial charge in [-0.25, -0.2) is 0 Å². The number of carbonyl (C=O) groups excluding carboxylic acids is 2. The molecule has 0 aliphatic heterocycles. The second kappa shape index (κ2) is 5.97. The largest absolute Gasteiger partial charge is 0.381 e. The van der Waals surface area contributed by atoms with Crippen LogP contribution in [-0.4, -0.2) is 29.6 Å². The van der Waals surface area contributed by atoms with Gasteiger partial charge in [0.25, 0.3) is 5.91 Å². The molecule has 1 aromatic rings. The number of amides is 2. The van der Waals surface area contributed by atoms with Crippen molar-refractivity contribution < 1.29 is 14.7 Å². The summed E-state index contributed by atoms with van der Waals surface area (Å²) >= 11 is 0. The van der Waals surface area contributed by atoms with E-state index in [4.69, 9.17) is 16.6 Å². The van der Waals surface area contributed by atoms with Crippen molar-refractivity contribution in [3.05, 3.63) is 35.4 Å². The number of aliphatic hydroxyl groups is 1. The molecule has 0 fully saturated rings. The molecule has 0 heterocycles. The molecule has 0 bridgehead atoms. The van der Waals surface area contributed by atoms with Crippen molar-refractivity contribution in [3.63, 3.8) is 0 Å². The maximum absolute atomic E-state index is 11.6. The van der Waals surface area contributed by atoms with Gasteiger partial charge < -0.3 is 21.9 Å². The van der Waals surface area contributed by atoms with Crippen molar-refractivity contribution in [1.29, 1.82) is 0 Å². The van der Waals surface area contributed by atoms with Crippen LogP contribution in [0.15, 0.2) is 24.3 Å². The van der Waals surface area contributed by atoms with Crippen molar-refractivity contribution in [1.82, 2.24) is 5.32 Å². The molecule has 6 heteroatoms. The molecule has 1 unspecified atom stereocenters. The van der Waals surface area contributed by atoms with E-state index in [2.05, 4.69) is 5.32 Å². The number of primary amides is 1. The summed E-state index contributed by atoms with van der Waals surface area (Å²) in [5.74, 6) is -1.25. The first-order chi connectivity index (χ1) is 8.04. The van der Waals surface area contributed by atoms with Gasteiger partial charge in [0.15, 0.2) is 0 Å². The molecule has 0 saturated heterocycles. The number of rotatable bonds is 5. The Morgan fingerprint density at radius 1 is 1.29 bits per heavy atom. The fourth-order valence-corrected chi connectivity index (χ4v) is 1.18. The zero-order chi connectivity index (χ0) is 12.8. The van der Waals surface area contributed by atoms with Crippen LogP contribution in [-0.2, 0) is 11.3 Å². The molecule has 6 N–H and O–H groups in total. The molecule has 0 aromatic heterocycles. The van der Waals surface area contributed by atoms with Gasteiger partial charge >= 0.3 is 0 Å².